The average Bonchev–Trinajstić information content (AvgIpc) is 2.11. The zero-order valence-corrected chi connectivity index (χ0v) is 10.3. The Balaban J connectivity index is 2.97. The minimum Gasteiger partial charge on any atom is -0.316 e. The molecule has 0 aromatic rings. The number of nitrogens with one attached hydrogen (secondary N) is 1. The summed E-state index contributed by atoms with van der Waals surface area (Å²) in [5, 5.41) is 3.52. The molecular weight excluding hydrogens is 178 g/mol. The van der Waals surface area contributed by atoms with Gasteiger partial charge in [-0.1, -0.05) is 20.3 Å². The van der Waals surface area contributed by atoms with E-state index in [0.717, 1.165) is 5.92 Å². The van der Waals surface area contributed by atoms with Gasteiger partial charge in [0.25, 0.3) is 0 Å². The van der Waals surface area contributed by atoms with Gasteiger partial charge in [0, 0.05) is 0 Å². The third kappa shape index (κ3) is 10.2. The Morgan fingerprint density at radius 2 is 2.08 bits per heavy atom. The SMILES string of the molecule is CCCC(C)CNCCCCSC. The average molecular weight is 203 g/mol. The summed E-state index contributed by atoms with van der Waals surface area (Å²) in [6.07, 6.45) is 7.54. The van der Waals surface area contributed by atoms with Crippen LogP contribution in [-0.4, -0.2) is 25.1 Å². The first-order chi connectivity index (χ1) is 6.31. The molecule has 0 saturated carbocycles. The van der Waals surface area contributed by atoms with Gasteiger partial charge in [0.2, 0.25) is 0 Å². The Labute approximate surface area is 88.1 Å². The van der Waals surface area contributed by atoms with E-state index >= 15 is 0 Å². The topological polar surface area (TPSA) is 12.0 Å². The van der Waals surface area contributed by atoms with E-state index in [-0.39, 0.29) is 0 Å². The maximum atomic E-state index is 3.52. The first-order valence-corrected chi connectivity index (χ1v) is 6.90. The van der Waals surface area contributed by atoms with Crippen LogP contribution in [0.25, 0.3) is 0 Å². The highest BCUT2D eigenvalue weighted by molar-refractivity contribution is 7.98. The van der Waals surface area contributed by atoms with Crippen LogP contribution in [0.15, 0.2) is 0 Å². The molecule has 1 atom stereocenters. The Morgan fingerprint density at radius 1 is 1.31 bits per heavy atom. The van der Waals surface area contributed by atoms with Gasteiger partial charge >= 0.3 is 0 Å². The lowest BCUT2D eigenvalue weighted by molar-refractivity contribution is 0.472. The van der Waals surface area contributed by atoms with Crippen molar-refractivity contribution in [3.05, 3.63) is 0 Å². The molecule has 0 heterocycles. The van der Waals surface area contributed by atoms with Crippen molar-refractivity contribution in [3.8, 4) is 0 Å². The van der Waals surface area contributed by atoms with E-state index in [2.05, 4.69) is 25.4 Å². The molecule has 0 aromatic carbocycles. The van der Waals surface area contributed by atoms with Crippen molar-refractivity contribution in [2.75, 3.05) is 25.1 Å². The van der Waals surface area contributed by atoms with Gasteiger partial charge in [-0.3, -0.25) is 0 Å². The molecule has 2 heteroatoms. The normalized spacial score (nSPS) is 13.2. The number of rotatable bonds is 9. The second kappa shape index (κ2) is 10.4. The third-order valence-corrected chi connectivity index (χ3v) is 2.92. The summed E-state index contributed by atoms with van der Waals surface area (Å²) in [6, 6.07) is 0. The highest BCUT2D eigenvalue weighted by atomic mass is 32.2. The monoisotopic (exact) mass is 203 g/mol. The Kier molecular flexibility index (Phi) is 10.6. The van der Waals surface area contributed by atoms with E-state index in [0.29, 0.717) is 0 Å². The minimum absolute atomic E-state index is 0.852. The van der Waals surface area contributed by atoms with Crippen LogP contribution in [0.5, 0.6) is 0 Å². The molecule has 0 fully saturated rings. The van der Waals surface area contributed by atoms with E-state index < -0.39 is 0 Å². The summed E-state index contributed by atoms with van der Waals surface area (Å²) in [5.41, 5.74) is 0. The second-order valence-corrected chi connectivity index (χ2v) is 4.78. The molecule has 1 N–H and O–H groups in total. The molecule has 80 valence electrons. The van der Waals surface area contributed by atoms with Crippen LogP contribution in [0.4, 0.5) is 0 Å². The molecule has 0 saturated heterocycles. The fourth-order valence-corrected chi connectivity index (χ4v) is 1.93. The zero-order valence-electron chi connectivity index (χ0n) is 9.44. The molecule has 0 aliphatic heterocycles. The Hall–Kier alpha value is 0.310. The van der Waals surface area contributed by atoms with Crippen LogP contribution in [0.1, 0.15) is 39.5 Å². The summed E-state index contributed by atoms with van der Waals surface area (Å²) in [5.74, 6) is 2.16. The smallest absolute Gasteiger partial charge is 0.00232 e. The lowest BCUT2D eigenvalue weighted by Crippen LogP contribution is -2.22. The van der Waals surface area contributed by atoms with Gasteiger partial charge < -0.3 is 5.32 Å². The summed E-state index contributed by atoms with van der Waals surface area (Å²) >= 11 is 1.95. The Bertz CT molecular complexity index is 96.1. The highest BCUT2D eigenvalue weighted by Crippen LogP contribution is 2.03. The van der Waals surface area contributed by atoms with Crippen molar-refractivity contribution in [2.45, 2.75) is 39.5 Å². The van der Waals surface area contributed by atoms with Crippen LogP contribution in [0, 0.1) is 5.92 Å². The number of hydrogen-bond acceptors (Lipinski definition) is 2. The highest BCUT2D eigenvalue weighted by Gasteiger charge is 1.98. The van der Waals surface area contributed by atoms with Crippen molar-refractivity contribution in [1.29, 1.82) is 0 Å². The van der Waals surface area contributed by atoms with Crippen molar-refractivity contribution in [2.24, 2.45) is 5.92 Å². The predicted molar refractivity (Wildman–Crippen MR) is 64.6 cm³/mol. The first-order valence-electron chi connectivity index (χ1n) is 5.50. The maximum absolute atomic E-state index is 3.52. The fraction of sp³-hybridized carbons (Fsp3) is 1.00. The van der Waals surface area contributed by atoms with E-state index in [9.17, 15) is 0 Å². The van der Waals surface area contributed by atoms with Crippen molar-refractivity contribution >= 4 is 11.8 Å². The van der Waals surface area contributed by atoms with Crippen LogP contribution >= 0.6 is 11.8 Å². The van der Waals surface area contributed by atoms with Crippen LogP contribution in [0.3, 0.4) is 0 Å². The first kappa shape index (κ1) is 13.3. The van der Waals surface area contributed by atoms with E-state index in [1.807, 2.05) is 11.8 Å². The second-order valence-electron chi connectivity index (χ2n) is 3.80. The minimum atomic E-state index is 0.852. The molecule has 13 heavy (non-hydrogen) atoms. The predicted octanol–water partition coefficient (Wildman–Crippen LogP) is 3.16. The molecule has 1 nitrogen and oxygen atoms in total. The summed E-state index contributed by atoms with van der Waals surface area (Å²) in [6.45, 7) is 7.00. The maximum Gasteiger partial charge on any atom is -0.00232 e. The molecule has 0 rings (SSSR count). The van der Waals surface area contributed by atoms with Gasteiger partial charge in [-0.2, -0.15) is 11.8 Å². The third-order valence-electron chi connectivity index (χ3n) is 2.23. The van der Waals surface area contributed by atoms with Crippen LogP contribution in [-0.2, 0) is 0 Å². The standard InChI is InChI=1S/C11H25NS/c1-4-7-11(2)10-12-8-5-6-9-13-3/h11-12H,4-10H2,1-3H3. The summed E-state index contributed by atoms with van der Waals surface area (Å²) < 4.78 is 0. The molecule has 0 aliphatic carbocycles. The largest absolute Gasteiger partial charge is 0.316 e. The zero-order chi connectivity index (χ0) is 9.94. The lowest BCUT2D eigenvalue weighted by Gasteiger charge is -2.10. The van der Waals surface area contributed by atoms with Crippen LogP contribution in [0.2, 0.25) is 0 Å². The van der Waals surface area contributed by atoms with Gasteiger partial charge in [-0.25, -0.2) is 0 Å². The number of thioether (sulfide) groups is 1. The fourth-order valence-electron chi connectivity index (χ4n) is 1.44. The van der Waals surface area contributed by atoms with Crippen molar-refractivity contribution in [3.63, 3.8) is 0 Å². The van der Waals surface area contributed by atoms with Gasteiger partial charge in [0.05, 0.1) is 0 Å². The molecule has 0 radical (unpaired) electrons. The Morgan fingerprint density at radius 3 is 2.69 bits per heavy atom. The summed E-state index contributed by atoms with van der Waals surface area (Å²) in [4.78, 5) is 0. The van der Waals surface area contributed by atoms with Crippen molar-refractivity contribution in [1.82, 2.24) is 5.32 Å². The molecular formula is C11H25NS. The molecule has 1 unspecified atom stereocenters. The van der Waals surface area contributed by atoms with Gasteiger partial charge in [0.15, 0.2) is 0 Å². The van der Waals surface area contributed by atoms with E-state index in [1.165, 1.54) is 44.5 Å². The van der Waals surface area contributed by atoms with Gasteiger partial charge in [0.1, 0.15) is 0 Å². The van der Waals surface area contributed by atoms with E-state index in [1.54, 1.807) is 0 Å². The molecule has 0 amide bonds. The molecule has 0 aromatic heterocycles. The van der Waals surface area contributed by atoms with Crippen LogP contribution < -0.4 is 5.32 Å². The number of hydrogen-bond donors (Lipinski definition) is 1. The number of unbranched alkanes of at least 4 members (excludes halogenated alkanes) is 1. The van der Waals surface area contributed by atoms with Gasteiger partial charge in [-0.15, -0.1) is 0 Å². The quantitative estimate of drug-likeness (QED) is 0.578. The lowest BCUT2D eigenvalue weighted by atomic mass is 10.1. The van der Waals surface area contributed by atoms with E-state index in [4.69, 9.17) is 0 Å². The molecule has 0 aliphatic rings. The summed E-state index contributed by atoms with van der Waals surface area (Å²) in [7, 11) is 0. The molecule has 0 bridgehead atoms. The van der Waals surface area contributed by atoms with Crippen molar-refractivity contribution < 1.29 is 0 Å². The molecule has 0 spiro atoms. The van der Waals surface area contributed by atoms with Gasteiger partial charge in [-0.05, 0) is 50.3 Å².